The van der Waals surface area contributed by atoms with E-state index in [0.29, 0.717) is 5.65 Å². The van der Waals surface area contributed by atoms with Crippen molar-refractivity contribution in [2.24, 2.45) is 0 Å². The van der Waals surface area contributed by atoms with Crippen molar-refractivity contribution in [1.29, 1.82) is 0 Å². The van der Waals surface area contributed by atoms with E-state index in [9.17, 15) is 0 Å². The van der Waals surface area contributed by atoms with Crippen LogP contribution in [-0.2, 0) is 0 Å². The van der Waals surface area contributed by atoms with Gasteiger partial charge in [-0.3, -0.25) is 5.10 Å². The molecule has 21 heavy (non-hydrogen) atoms. The van der Waals surface area contributed by atoms with E-state index in [-0.39, 0.29) is 0 Å². The van der Waals surface area contributed by atoms with E-state index in [0.717, 1.165) is 48.9 Å². The number of nitrogens with zero attached hydrogens (tertiary/aromatic N) is 5. The predicted octanol–water partition coefficient (Wildman–Crippen LogP) is 0.824. The Hall–Kier alpha value is -2.54. The van der Waals surface area contributed by atoms with Gasteiger partial charge in [-0.15, -0.1) is 0 Å². The predicted molar refractivity (Wildman–Crippen MR) is 80.0 cm³/mol. The fourth-order valence-electron chi connectivity index (χ4n) is 2.56. The van der Waals surface area contributed by atoms with E-state index < -0.39 is 0 Å². The van der Waals surface area contributed by atoms with E-state index in [4.69, 9.17) is 4.98 Å². The molecule has 0 bridgehead atoms. The molecule has 0 spiro atoms. The van der Waals surface area contributed by atoms with Gasteiger partial charge in [0, 0.05) is 38.6 Å². The summed E-state index contributed by atoms with van der Waals surface area (Å²) in [5.41, 5.74) is 3.02. The Labute approximate surface area is 121 Å². The minimum absolute atomic E-state index is 0.613. The van der Waals surface area contributed by atoms with Gasteiger partial charge in [0.15, 0.2) is 5.65 Å². The number of aromatic amines is 1. The van der Waals surface area contributed by atoms with E-state index in [2.05, 4.69) is 30.4 Å². The highest BCUT2D eigenvalue weighted by Gasteiger charge is 2.15. The van der Waals surface area contributed by atoms with Gasteiger partial charge >= 0.3 is 0 Å². The number of hydrogen-bond donors (Lipinski definition) is 2. The van der Waals surface area contributed by atoms with Crippen molar-refractivity contribution < 1.29 is 0 Å². The van der Waals surface area contributed by atoms with Gasteiger partial charge in [0.2, 0.25) is 0 Å². The van der Waals surface area contributed by atoms with Crippen LogP contribution in [-0.4, -0.2) is 51.3 Å². The molecule has 0 atom stereocenters. The fourth-order valence-corrected chi connectivity index (χ4v) is 2.56. The summed E-state index contributed by atoms with van der Waals surface area (Å²) in [5, 5.41) is 10.5. The Kier molecular flexibility index (Phi) is 2.97. The summed E-state index contributed by atoms with van der Waals surface area (Å²) in [7, 11) is 0. The van der Waals surface area contributed by atoms with Crippen molar-refractivity contribution >= 4 is 17.0 Å². The molecule has 1 fully saturated rings. The first-order valence-electron chi connectivity index (χ1n) is 7.00. The largest absolute Gasteiger partial charge is 0.354 e. The Bertz CT molecular complexity index is 761. The topological polar surface area (TPSA) is 82.6 Å². The highest BCUT2D eigenvalue weighted by Crippen LogP contribution is 2.23. The van der Waals surface area contributed by atoms with Crippen LogP contribution in [0.25, 0.3) is 22.6 Å². The van der Waals surface area contributed by atoms with Crippen molar-refractivity contribution in [1.82, 2.24) is 30.5 Å². The molecule has 0 radical (unpaired) electrons. The van der Waals surface area contributed by atoms with Crippen molar-refractivity contribution in [3.8, 4) is 11.4 Å². The van der Waals surface area contributed by atoms with Gasteiger partial charge in [0.05, 0.1) is 5.69 Å². The molecule has 106 valence electrons. The second-order valence-electron chi connectivity index (χ2n) is 4.95. The van der Waals surface area contributed by atoms with E-state index in [1.807, 2.05) is 18.2 Å². The monoisotopic (exact) mass is 281 g/mol. The van der Waals surface area contributed by atoms with E-state index in [1.165, 1.54) is 0 Å². The second kappa shape index (κ2) is 5.10. The Balaban J connectivity index is 1.75. The molecule has 0 aromatic carbocycles. The van der Waals surface area contributed by atoms with Crippen molar-refractivity contribution in [3.05, 3.63) is 30.6 Å². The first-order chi connectivity index (χ1) is 10.4. The van der Waals surface area contributed by atoms with Gasteiger partial charge in [-0.05, 0) is 12.1 Å². The fraction of sp³-hybridized carbons (Fsp3) is 0.286. The summed E-state index contributed by atoms with van der Waals surface area (Å²) in [6.45, 7) is 3.93. The third kappa shape index (κ3) is 2.21. The van der Waals surface area contributed by atoms with Crippen LogP contribution in [0.4, 0.5) is 5.82 Å². The zero-order chi connectivity index (χ0) is 14.1. The Morgan fingerprint density at radius 1 is 1.05 bits per heavy atom. The quantitative estimate of drug-likeness (QED) is 0.724. The molecule has 4 rings (SSSR count). The first-order valence-corrected chi connectivity index (χ1v) is 7.00. The number of hydrogen-bond acceptors (Lipinski definition) is 6. The molecule has 1 aliphatic rings. The zero-order valence-corrected chi connectivity index (χ0v) is 11.5. The number of rotatable bonds is 2. The van der Waals surface area contributed by atoms with Crippen LogP contribution < -0.4 is 10.2 Å². The smallest absolute Gasteiger partial charge is 0.200 e. The average Bonchev–Trinajstić information content (AvgIpc) is 3.00. The molecule has 0 unspecified atom stereocenters. The molecule has 0 amide bonds. The van der Waals surface area contributed by atoms with Crippen LogP contribution >= 0.6 is 0 Å². The Morgan fingerprint density at radius 3 is 2.81 bits per heavy atom. The van der Waals surface area contributed by atoms with Crippen molar-refractivity contribution in [3.63, 3.8) is 0 Å². The van der Waals surface area contributed by atoms with Crippen LogP contribution in [0.5, 0.6) is 0 Å². The standard InChI is InChI=1S/C14H15N7/c1-2-10(12-13-14(20-19-12)17-5-4-16-13)18-11(3-1)21-8-6-15-7-9-21/h1-5,15H,6-9H2,(H,17,19,20). The van der Waals surface area contributed by atoms with E-state index >= 15 is 0 Å². The van der Waals surface area contributed by atoms with Gasteiger partial charge < -0.3 is 10.2 Å². The van der Waals surface area contributed by atoms with Gasteiger partial charge in [0.25, 0.3) is 0 Å². The van der Waals surface area contributed by atoms with Crippen LogP contribution in [0.15, 0.2) is 30.6 Å². The zero-order valence-electron chi connectivity index (χ0n) is 11.5. The maximum atomic E-state index is 4.75. The average molecular weight is 281 g/mol. The molecule has 1 saturated heterocycles. The van der Waals surface area contributed by atoms with Crippen LogP contribution in [0.2, 0.25) is 0 Å². The summed E-state index contributed by atoms with van der Waals surface area (Å²) in [5.74, 6) is 0.987. The van der Waals surface area contributed by atoms with Crippen LogP contribution in [0.3, 0.4) is 0 Å². The molecule has 7 nitrogen and oxygen atoms in total. The summed E-state index contributed by atoms with van der Waals surface area (Å²) in [4.78, 5) is 15.6. The number of nitrogens with one attached hydrogen (secondary N) is 2. The molecule has 7 heteroatoms. The minimum atomic E-state index is 0.613. The molecule has 4 heterocycles. The van der Waals surface area contributed by atoms with Crippen molar-refractivity contribution in [2.75, 3.05) is 31.1 Å². The SMILES string of the molecule is c1cc(-c2[nH]nc3nccnc23)nc(N2CCNCC2)c1. The van der Waals surface area contributed by atoms with Gasteiger partial charge in [0.1, 0.15) is 17.0 Å². The third-order valence-corrected chi connectivity index (χ3v) is 3.62. The molecule has 0 saturated carbocycles. The Morgan fingerprint density at radius 2 is 1.90 bits per heavy atom. The number of piperazine rings is 1. The molecule has 1 aliphatic heterocycles. The summed E-state index contributed by atoms with van der Waals surface area (Å²) < 4.78 is 0. The van der Waals surface area contributed by atoms with Gasteiger partial charge in [-0.25, -0.2) is 15.0 Å². The molecule has 2 N–H and O–H groups in total. The molecular weight excluding hydrogens is 266 g/mol. The summed E-state index contributed by atoms with van der Waals surface area (Å²) in [6.07, 6.45) is 3.30. The number of aromatic nitrogens is 5. The maximum absolute atomic E-state index is 4.75. The second-order valence-corrected chi connectivity index (χ2v) is 4.95. The maximum Gasteiger partial charge on any atom is 0.200 e. The van der Waals surface area contributed by atoms with Crippen LogP contribution in [0, 0.1) is 0 Å². The number of anilines is 1. The molecule has 3 aromatic heterocycles. The van der Waals surface area contributed by atoms with Gasteiger partial charge in [-0.2, -0.15) is 5.10 Å². The first kappa shape index (κ1) is 12.2. The third-order valence-electron chi connectivity index (χ3n) is 3.62. The highest BCUT2D eigenvalue weighted by atomic mass is 15.2. The summed E-state index contributed by atoms with van der Waals surface area (Å²) >= 11 is 0. The number of H-pyrrole nitrogens is 1. The highest BCUT2D eigenvalue weighted by molar-refractivity contribution is 5.85. The molecular formula is C14H15N7. The number of pyridine rings is 1. The number of fused-ring (bicyclic) bond motifs is 1. The normalized spacial score (nSPS) is 15.5. The molecule has 0 aliphatic carbocycles. The lowest BCUT2D eigenvalue weighted by molar-refractivity contribution is 0.585. The van der Waals surface area contributed by atoms with Crippen molar-refractivity contribution in [2.45, 2.75) is 0 Å². The van der Waals surface area contributed by atoms with E-state index in [1.54, 1.807) is 12.4 Å². The minimum Gasteiger partial charge on any atom is -0.354 e. The molecule has 3 aromatic rings. The lowest BCUT2D eigenvalue weighted by Crippen LogP contribution is -2.43. The lowest BCUT2D eigenvalue weighted by Gasteiger charge is -2.28. The lowest BCUT2D eigenvalue weighted by atomic mass is 10.2. The summed E-state index contributed by atoms with van der Waals surface area (Å²) in [6, 6.07) is 6.02. The van der Waals surface area contributed by atoms with Gasteiger partial charge in [-0.1, -0.05) is 6.07 Å². The van der Waals surface area contributed by atoms with Crippen LogP contribution in [0.1, 0.15) is 0 Å².